The van der Waals surface area contributed by atoms with Gasteiger partial charge < -0.3 is 9.84 Å². The van der Waals surface area contributed by atoms with Crippen molar-refractivity contribution in [3.05, 3.63) is 34.3 Å². The third-order valence-corrected chi connectivity index (χ3v) is 4.00. The summed E-state index contributed by atoms with van der Waals surface area (Å²) in [5.41, 5.74) is 0.984. The second-order valence-corrected chi connectivity index (χ2v) is 6.29. The first-order chi connectivity index (χ1) is 9.04. The molecule has 1 N–H and O–H groups in total. The molecule has 4 heteroatoms. The van der Waals surface area contributed by atoms with E-state index in [-0.39, 0.29) is 18.3 Å². The number of rotatable bonds is 4. The van der Waals surface area contributed by atoms with Gasteiger partial charge in [-0.1, -0.05) is 28.1 Å². The monoisotopic (exact) mass is 327 g/mol. The van der Waals surface area contributed by atoms with E-state index in [0.29, 0.717) is 0 Å². The summed E-state index contributed by atoms with van der Waals surface area (Å²) >= 11 is 3.41. The van der Waals surface area contributed by atoms with Gasteiger partial charge in [0.25, 0.3) is 0 Å². The Morgan fingerprint density at radius 2 is 1.84 bits per heavy atom. The largest absolute Gasteiger partial charge is 0.388 e. The summed E-state index contributed by atoms with van der Waals surface area (Å²) in [7, 11) is 0. The van der Waals surface area contributed by atoms with E-state index >= 15 is 0 Å². The van der Waals surface area contributed by atoms with Crippen LogP contribution in [0, 0.1) is 0 Å². The molecule has 3 unspecified atom stereocenters. The van der Waals surface area contributed by atoms with Crippen LogP contribution in [0.2, 0.25) is 0 Å². The lowest BCUT2D eigenvalue weighted by atomic mass is 10.1. The van der Waals surface area contributed by atoms with Crippen molar-refractivity contribution in [2.75, 3.05) is 19.6 Å². The summed E-state index contributed by atoms with van der Waals surface area (Å²) in [4.78, 5) is 2.38. The minimum absolute atomic E-state index is 0.286. The molecule has 1 fully saturated rings. The standard InChI is InChI=1S/C15H22BrNO2/c1-11-9-17(10-12(2)19-11)8-7-15(18)13-3-5-14(16)6-4-13/h3-6,11-12,15,18H,7-10H2,1-2H3. The van der Waals surface area contributed by atoms with E-state index in [1.165, 1.54) is 0 Å². The molecule has 0 aromatic heterocycles. The summed E-state index contributed by atoms with van der Waals surface area (Å²) in [6.07, 6.45) is 0.949. The van der Waals surface area contributed by atoms with Crippen molar-refractivity contribution in [3.8, 4) is 0 Å². The van der Waals surface area contributed by atoms with Crippen molar-refractivity contribution in [1.29, 1.82) is 0 Å². The topological polar surface area (TPSA) is 32.7 Å². The fourth-order valence-corrected chi connectivity index (χ4v) is 2.89. The number of ether oxygens (including phenoxy) is 1. The summed E-state index contributed by atoms with van der Waals surface area (Å²) < 4.78 is 6.75. The van der Waals surface area contributed by atoms with E-state index in [1.54, 1.807) is 0 Å². The van der Waals surface area contributed by atoms with Gasteiger partial charge in [-0.05, 0) is 38.0 Å². The first-order valence-electron chi connectivity index (χ1n) is 6.86. The van der Waals surface area contributed by atoms with Crippen LogP contribution in [0.1, 0.15) is 31.9 Å². The maximum atomic E-state index is 10.2. The van der Waals surface area contributed by atoms with Crippen LogP contribution in [0.15, 0.2) is 28.7 Å². The molecule has 1 saturated heterocycles. The number of nitrogens with zero attached hydrogens (tertiary/aromatic N) is 1. The summed E-state index contributed by atoms with van der Waals surface area (Å²) in [6, 6.07) is 7.88. The molecule has 19 heavy (non-hydrogen) atoms. The van der Waals surface area contributed by atoms with Crippen LogP contribution >= 0.6 is 15.9 Å². The van der Waals surface area contributed by atoms with E-state index in [0.717, 1.165) is 36.1 Å². The Hall–Kier alpha value is -0.420. The molecule has 0 saturated carbocycles. The highest BCUT2D eigenvalue weighted by Crippen LogP contribution is 2.20. The van der Waals surface area contributed by atoms with Gasteiger partial charge in [-0.2, -0.15) is 0 Å². The predicted molar refractivity (Wildman–Crippen MR) is 80.2 cm³/mol. The van der Waals surface area contributed by atoms with Gasteiger partial charge in [0.2, 0.25) is 0 Å². The van der Waals surface area contributed by atoms with Crippen molar-refractivity contribution in [3.63, 3.8) is 0 Å². The van der Waals surface area contributed by atoms with Crippen molar-refractivity contribution in [2.45, 2.75) is 38.6 Å². The number of hydrogen-bond donors (Lipinski definition) is 1. The van der Waals surface area contributed by atoms with Crippen molar-refractivity contribution in [1.82, 2.24) is 4.90 Å². The van der Waals surface area contributed by atoms with Crippen LogP contribution in [-0.4, -0.2) is 41.8 Å². The quantitative estimate of drug-likeness (QED) is 0.922. The maximum absolute atomic E-state index is 10.2. The number of benzene rings is 1. The van der Waals surface area contributed by atoms with Crippen LogP contribution in [0.3, 0.4) is 0 Å². The average Bonchev–Trinajstić information content (AvgIpc) is 2.36. The number of halogens is 1. The molecule has 1 aliphatic heterocycles. The lowest BCUT2D eigenvalue weighted by Crippen LogP contribution is -2.45. The van der Waals surface area contributed by atoms with Gasteiger partial charge in [0.1, 0.15) is 0 Å². The highest BCUT2D eigenvalue weighted by atomic mass is 79.9. The Morgan fingerprint density at radius 1 is 1.26 bits per heavy atom. The van der Waals surface area contributed by atoms with Gasteiger partial charge in [0, 0.05) is 24.1 Å². The number of aliphatic hydroxyl groups is 1. The molecule has 3 atom stereocenters. The zero-order valence-corrected chi connectivity index (χ0v) is 13.1. The van der Waals surface area contributed by atoms with Crippen molar-refractivity contribution < 1.29 is 9.84 Å². The van der Waals surface area contributed by atoms with E-state index in [9.17, 15) is 5.11 Å². The minimum atomic E-state index is -0.387. The maximum Gasteiger partial charge on any atom is 0.0802 e. The Morgan fingerprint density at radius 3 is 2.42 bits per heavy atom. The molecule has 106 valence electrons. The predicted octanol–water partition coefficient (Wildman–Crippen LogP) is 2.98. The normalized spacial score (nSPS) is 26.3. The highest BCUT2D eigenvalue weighted by molar-refractivity contribution is 9.10. The summed E-state index contributed by atoms with van der Waals surface area (Å²) in [5.74, 6) is 0. The van der Waals surface area contributed by atoms with Crippen LogP contribution in [0.4, 0.5) is 0 Å². The summed E-state index contributed by atoms with van der Waals surface area (Å²) in [5, 5.41) is 10.2. The highest BCUT2D eigenvalue weighted by Gasteiger charge is 2.22. The van der Waals surface area contributed by atoms with E-state index < -0.39 is 0 Å². The SMILES string of the molecule is CC1CN(CCC(O)c2ccc(Br)cc2)CC(C)O1. The van der Waals surface area contributed by atoms with Gasteiger partial charge in [0.05, 0.1) is 18.3 Å². The molecule has 0 amide bonds. The first-order valence-corrected chi connectivity index (χ1v) is 7.65. The lowest BCUT2D eigenvalue weighted by Gasteiger charge is -2.35. The Kier molecular flexibility index (Phi) is 5.39. The minimum Gasteiger partial charge on any atom is -0.388 e. The fraction of sp³-hybridized carbons (Fsp3) is 0.600. The third-order valence-electron chi connectivity index (χ3n) is 3.47. The van der Waals surface area contributed by atoms with Crippen molar-refractivity contribution >= 4 is 15.9 Å². The van der Waals surface area contributed by atoms with Gasteiger partial charge in [-0.15, -0.1) is 0 Å². The second kappa shape index (κ2) is 6.84. The zero-order valence-electron chi connectivity index (χ0n) is 11.6. The fourth-order valence-electron chi connectivity index (χ4n) is 2.62. The summed E-state index contributed by atoms with van der Waals surface area (Å²) in [6.45, 7) is 7.03. The van der Waals surface area contributed by atoms with Gasteiger partial charge in [-0.3, -0.25) is 4.90 Å². The number of hydrogen-bond acceptors (Lipinski definition) is 3. The third kappa shape index (κ3) is 4.56. The van der Waals surface area contributed by atoms with Crippen LogP contribution < -0.4 is 0 Å². The molecule has 1 aliphatic rings. The van der Waals surface area contributed by atoms with E-state index in [2.05, 4.69) is 34.7 Å². The molecule has 0 radical (unpaired) electrons. The number of morpholine rings is 1. The molecule has 3 nitrogen and oxygen atoms in total. The van der Waals surface area contributed by atoms with Crippen molar-refractivity contribution in [2.24, 2.45) is 0 Å². The van der Waals surface area contributed by atoms with Gasteiger partial charge >= 0.3 is 0 Å². The zero-order chi connectivity index (χ0) is 13.8. The molecule has 0 aliphatic carbocycles. The molecule has 0 spiro atoms. The van der Waals surface area contributed by atoms with Gasteiger partial charge in [-0.25, -0.2) is 0 Å². The molecular formula is C15H22BrNO2. The van der Waals surface area contributed by atoms with Crippen LogP contribution in [0.25, 0.3) is 0 Å². The molecule has 0 bridgehead atoms. The average molecular weight is 328 g/mol. The Labute approximate surface area is 123 Å². The van der Waals surface area contributed by atoms with E-state index in [1.807, 2.05) is 24.3 Å². The smallest absolute Gasteiger partial charge is 0.0802 e. The first kappa shape index (κ1) is 15.0. The van der Waals surface area contributed by atoms with Crippen LogP contribution in [0.5, 0.6) is 0 Å². The number of aliphatic hydroxyl groups excluding tert-OH is 1. The lowest BCUT2D eigenvalue weighted by molar-refractivity contribution is -0.0702. The molecule has 1 aromatic rings. The molecule has 1 heterocycles. The molecule has 2 rings (SSSR count). The van der Waals surface area contributed by atoms with Gasteiger partial charge in [0.15, 0.2) is 0 Å². The molecular weight excluding hydrogens is 306 g/mol. The molecule has 1 aromatic carbocycles. The van der Waals surface area contributed by atoms with E-state index in [4.69, 9.17) is 4.74 Å². The van der Waals surface area contributed by atoms with Crippen LogP contribution in [-0.2, 0) is 4.74 Å². The Balaban J connectivity index is 1.83. The second-order valence-electron chi connectivity index (χ2n) is 5.37. The Bertz CT molecular complexity index is 386.